The van der Waals surface area contributed by atoms with Crippen molar-refractivity contribution in [1.82, 2.24) is 15.2 Å². The number of carbonyl (C=O) groups is 3. The molecule has 1 saturated carbocycles. The Morgan fingerprint density at radius 2 is 1.97 bits per heavy atom. The fourth-order valence-corrected chi connectivity index (χ4v) is 4.49. The fraction of sp³-hybridized carbons (Fsp3) is 0.462. The normalized spacial score (nSPS) is 25.6. The minimum atomic E-state index is -1.16. The standard InChI is InChI=1S/C26H31N3O6/c1-6-16-14-26(16,23(31)33-5)28-22(30)20-13-17(15-29(20)24(32)35-25(2,3)4)34-21-11-12-27-19-10-8-7-9-18(19)21/h6-12,16-17,20H,1,13-15H2,2-5H3,(H,28,30)/t16?,17-,20+,26?/m1/s1. The number of nitrogens with one attached hydrogen (secondary N) is 1. The van der Waals surface area contributed by atoms with Gasteiger partial charge in [0.1, 0.15) is 29.0 Å². The molecule has 0 spiro atoms. The van der Waals surface area contributed by atoms with E-state index in [4.69, 9.17) is 14.2 Å². The predicted octanol–water partition coefficient (Wildman–Crippen LogP) is 3.23. The van der Waals surface area contributed by atoms with Gasteiger partial charge < -0.3 is 19.5 Å². The molecule has 9 heteroatoms. The number of carbonyl (C=O) groups excluding carboxylic acids is 3. The molecule has 0 bridgehead atoms. The molecular weight excluding hydrogens is 450 g/mol. The van der Waals surface area contributed by atoms with E-state index in [2.05, 4.69) is 16.9 Å². The molecule has 4 rings (SSSR count). The van der Waals surface area contributed by atoms with Crippen LogP contribution in [-0.2, 0) is 19.1 Å². The Labute approximate surface area is 204 Å². The van der Waals surface area contributed by atoms with Crippen molar-refractivity contribution in [2.45, 2.75) is 56.9 Å². The monoisotopic (exact) mass is 481 g/mol. The Hall–Kier alpha value is -3.62. The number of esters is 1. The number of nitrogens with zero attached hydrogens (tertiary/aromatic N) is 2. The van der Waals surface area contributed by atoms with E-state index in [1.54, 1.807) is 39.1 Å². The second-order valence-corrected chi connectivity index (χ2v) is 9.95. The molecule has 186 valence electrons. The van der Waals surface area contributed by atoms with Crippen LogP contribution in [0, 0.1) is 5.92 Å². The summed E-state index contributed by atoms with van der Waals surface area (Å²) in [5, 5.41) is 3.66. The zero-order valence-corrected chi connectivity index (χ0v) is 20.4. The number of ether oxygens (including phenoxy) is 3. The van der Waals surface area contributed by atoms with Crippen molar-refractivity contribution < 1.29 is 28.6 Å². The molecule has 1 saturated heterocycles. The van der Waals surface area contributed by atoms with Crippen LogP contribution in [0.25, 0.3) is 10.9 Å². The lowest BCUT2D eigenvalue weighted by molar-refractivity contribution is -0.147. The number of benzene rings is 1. The highest BCUT2D eigenvalue weighted by atomic mass is 16.6. The quantitative estimate of drug-likeness (QED) is 0.499. The molecule has 1 aromatic heterocycles. The van der Waals surface area contributed by atoms with Crippen LogP contribution in [0.5, 0.6) is 5.75 Å². The second-order valence-electron chi connectivity index (χ2n) is 9.95. The fourth-order valence-electron chi connectivity index (χ4n) is 4.49. The minimum absolute atomic E-state index is 0.153. The lowest BCUT2D eigenvalue weighted by Gasteiger charge is -2.28. The van der Waals surface area contributed by atoms with Crippen LogP contribution < -0.4 is 10.1 Å². The molecule has 2 aromatic rings. The minimum Gasteiger partial charge on any atom is -0.488 e. The molecule has 1 aliphatic heterocycles. The molecule has 2 fully saturated rings. The Kier molecular flexibility index (Phi) is 6.44. The van der Waals surface area contributed by atoms with Crippen molar-refractivity contribution in [3.05, 3.63) is 49.2 Å². The highest BCUT2D eigenvalue weighted by Crippen LogP contribution is 2.45. The molecule has 1 aromatic carbocycles. The third-order valence-corrected chi connectivity index (χ3v) is 6.29. The van der Waals surface area contributed by atoms with E-state index in [1.807, 2.05) is 24.3 Å². The van der Waals surface area contributed by atoms with Crippen LogP contribution >= 0.6 is 0 Å². The molecule has 9 nitrogen and oxygen atoms in total. The summed E-state index contributed by atoms with van der Waals surface area (Å²) in [4.78, 5) is 44.6. The zero-order valence-electron chi connectivity index (χ0n) is 20.4. The van der Waals surface area contributed by atoms with Crippen LogP contribution in [0.2, 0.25) is 0 Å². The van der Waals surface area contributed by atoms with Gasteiger partial charge in [-0.1, -0.05) is 18.2 Å². The summed E-state index contributed by atoms with van der Waals surface area (Å²) in [6.07, 6.45) is 2.83. The molecule has 2 aliphatic rings. The first-order chi connectivity index (χ1) is 16.6. The Morgan fingerprint density at radius 3 is 2.63 bits per heavy atom. The van der Waals surface area contributed by atoms with Gasteiger partial charge in [0.2, 0.25) is 5.91 Å². The predicted molar refractivity (Wildman–Crippen MR) is 129 cm³/mol. The Bertz CT molecular complexity index is 1150. The molecule has 2 amide bonds. The largest absolute Gasteiger partial charge is 0.488 e. The van der Waals surface area contributed by atoms with Gasteiger partial charge in [0.15, 0.2) is 0 Å². The SMILES string of the molecule is C=CC1CC1(NC(=O)[C@@H]1C[C@@H](Oc2ccnc3ccccc23)CN1C(=O)OC(C)(C)C)C(=O)OC. The Morgan fingerprint density at radius 1 is 1.23 bits per heavy atom. The summed E-state index contributed by atoms with van der Waals surface area (Å²) >= 11 is 0. The number of methoxy groups -OCH3 is 1. The van der Waals surface area contributed by atoms with Gasteiger partial charge >= 0.3 is 12.1 Å². The van der Waals surface area contributed by atoms with Crippen LogP contribution in [0.3, 0.4) is 0 Å². The average Bonchev–Trinajstić information content (AvgIpc) is 3.36. The number of rotatable bonds is 6. The van der Waals surface area contributed by atoms with Crippen molar-refractivity contribution in [3.8, 4) is 5.75 Å². The third kappa shape index (κ3) is 4.94. The van der Waals surface area contributed by atoms with E-state index >= 15 is 0 Å². The van der Waals surface area contributed by atoms with Crippen LogP contribution in [0.1, 0.15) is 33.6 Å². The molecule has 2 unspecified atom stereocenters. The number of para-hydroxylation sites is 1. The molecule has 2 heterocycles. The number of hydrogen-bond donors (Lipinski definition) is 1. The van der Waals surface area contributed by atoms with Crippen molar-refractivity contribution in [1.29, 1.82) is 0 Å². The summed E-state index contributed by atoms with van der Waals surface area (Å²) in [6.45, 7) is 9.18. The maximum atomic E-state index is 13.4. The second kappa shape index (κ2) is 9.20. The maximum absolute atomic E-state index is 13.4. The van der Waals surface area contributed by atoms with E-state index in [0.29, 0.717) is 12.2 Å². The number of aromatic nitrogens is 1. The van der Waals surface area contributed by atoms with Gasteiger partial charge in [-0.2, -0.15) is 0 Å². The lowest BCUT2D eigenvalue weighted by atomic mass is 10.1. The first-order valence-electron chi connectivity index (χ1n) is 11.6. The molecule has 0 radical (unpaired) electrons. The van der Waals surface area contributed by atoms with Gasteiger partial charge in [0.25, 0.3) is 0 Å². The average molecular weight is 482 g/mol. The van der Waals surface area contributed by atoms with Gasteiger partial charge in [-0.05, 0) is 45.4 Å². The summed E-state index contributed by atoms with van der Waals surface area (Å²) in [5.74, 6) is -0.610. The molecule has 35 heavy (non-hydrogen) atoms. The van der Waals surface area contributed by atoms with Crippen molar-refractivity contribution in [3.63, 3.8) is 0 Å². The maximum Gasteiger partial charge on any atom is 0.411 e. The third-order valence-electron chi connectivity index (χ3n) is 6.29. The lowest BCUT2D eigenvalue weighted by Crippen LogP contribution is -2.53. The smallest absolute Gasteiger partial charge is 0.411 e. The highest BCUT2D eigenvalue weighted by Gasteiger charge is 2.62. The molecule has 1 N–H and O–H groups in total. The van der Waals surface area contributed by atoms with E-state index in [0.717, 1.165) is 10.9 Å². The Balaban J connectivity index is 1.57. The summed E-state index contributed by atoms with van der Waals surface area (Å²) < 4.78 is 16.7. The van der Waals surface area contributed by atoms with E-state index in [9.17, 15) is 14.4 Å². The van der Waals surface area contributed by atoms with Gasteiger partial charge in [0, 0.05) is 23.9 Å². The van der Waals surface area contributed by atoms with E-state index in [1.165, 1.54) is 12.0 Å². The molecule has 1 aliphatic carbocycles. The topological polar surface area (TPSA) is 107 Å². The van der Waals surface area contributed by atoms with Crippen molar-refractivity contribution in [2.75, 3.05) is 13.7 Å². The summed E-state index contributed by atoms with van der Waals surface area (Å²) in [5.41, 5.74) is -1.12. The highest BCUT2D eigenvalue weighted by molar-refractivity contribution is 5.95. The van der Waals surface area contributed by atoms with E-state index < -0.39 is 41.3 Å². The van der Waals surface area contributed by atoms with Gasteiger partial charge in [0.05, 0.1) is 19.2 Å². The summed E-state index contributed by atoms with van der Waals surface area (Å²) in [6, 6.07) is 8.47. The first kappa shape index (κ1) is 24.5. The number of fused-ring (bicyclic) bond motifs is 1. The first-order valence-corrected chi connectivity index (χ1v) is 11.6. The van der Waals surface area contributed by atoms with Gasteiger partial charge in [-0.3, -0.25) is 14.7 Å². The van der Waals surface area contributed by atoms with Crippen molar-refractivity contribution in [2.24, 2.45) is 5.92 Å². The number of likely N-dealkylation sites (tertiary alicyclic amines) is 1. The number of hydrogen-bond acceptors (Lipinski definition) is 7. The summed E-state index contributed by atoms with van der Waals surface area (Å²) in [7, 11) is 1.28. The van der Waals surface area contributed by atoms with Gasteiger partial charge in [-0.15, -0.1) is 6.58 Å². The van der Waals surface area contributed by atoms with Crippen LogP contribution in [-0.4, -0.2) is 64.8 Å². The van der Waals surface area contributed by atoms with E-state index in [-0.39, 0.29) is 18.9 Å². The van der Waals surface area contributed by atoms with Gasteiger partial charge in [-0.25, -0.2) is 9.59 Å². The number of amides is 2. The van der Waals surface area contributed by atoms with Crippen LogP contribution in [0.15, 0.2) is 49.2 Å². The van der Waals surface area contributed by atoms with Crippen molar-refractivity contribution >= 4 is 28.9 Å². The molecule has 4 atom stereocenters. The number of pyridine rings is 1. The van der Waals surface area contributed by atoms with Crippen LogP contribution in [0.4, 0.5) is 4.79 Å². The molecular formula is C26H31N3O6. The zero-order chi connectivity index (χ0) is 25.4.